The van der Waals surface area contributed by atoms with Crippen LogP contribution in [0.5, 0.6) is 0 Å². The fraction of sp³-hybridized carbons (Fsp3) is 0.938. The average molecular weight is 1400 g/mol. The number of amides is 5. The van der Waals surface area contributed by atoms with E-state index in [-0.39, 0.29) is 57.1 Å². The fourth-order valence-electron chi connectivity index (χ4n) is 19.8. The van der Waals surface area contributed by atoms with Gasteiger partial charge in [0, 0.05) is 79.9 Å². The summed E-state index contributed by atoms with van der Waals surface area (Å²) in [4.78, 5) is 63.8. The Morgan fingerprint density at radius 3 is 0.794 bits per heavy atom. The average Bonchev–Trinajstić information content (AvgIpc) is 1.12. The molecule has 0 atom stereocenters. The zero-order valence-electron chi connectivity index (χ0n) is 62.8. The van der Waals surface area contributed by atoms with Gasteiger partial charge >= 0.3 is 0 Å². The SMILES string of the molecule is CC(=O)N(O)CCCCCNC(=O)CCC(=O)N(O)CCCCCNC(=O)CCC(=O)N(O)CCCCCN(CCCCCCCCCC[P+](C1CCCCC1)(C1CCCCC1)C1CCCCC1)CCCCCCCCCC[P+](C1CCCCC1)(C1CCCCC1)C1CCCCC1. The van der Waals surface area contributed by atoms with E-state index in [9.17, 15) is 39.6 Å². The second kappa shape index (κ2) is 51.3. The molecule has 0 aromatic carbocycles. The first-order valence-electron chi connectivity index (χ1n) is 42.4. The number of hydroxylamine groups is 6. The van der Waals surface area contributed by atoms with Crippen LogP contribution in [0.4, 0.5) is 0 Å². The van der Waals surface area contributed by atoms with E-state index in [1.54, 1.807) is 89.4 Å². The summed E-state index contributed by atoms with van der Waals surface area (Å²) in [6, 6.07) is 0. The molecule has 0 heterocycles. The molecule has 0 radical (unpaired) electrons. The lowest BCUT2D eigenvalue weighted by molar-refractivity contribution is -0.166. The molecule has 0 aliphatic heterocycles. The van der Waals surface area contributed by atoms with E-state index in [0.29, 0.717) is 55.3 Å². The predicted octanol–water partition coefficient (Wildman–Crippen LogP) is 20.5. The highest BCUT2D eigenvalue weighted by atomic mass is 31.2. The van der Waals surface area contributed by atoms with Crippen LogP contribution in [0.2, 0.25) is 0 Å². The summed E-state index contributed by atoms with van der Waals surface area (Å²) in [7, 11) is -1.90. The third-order valence-electron chi connectivity index (χ3n) is 25.2. The Bertz CT molecular complexity index is 1900. The van der Waals surface area contributed by atoms with E-state index in [1.807, 2.05) is 0 Å². The Labute approximate surface area is 595 Å². The highest BCUT2D eigenvalue weighted by molar-refractivity contribution is 7.78. The quantitative estimate of drug-likeness (QED) is 0.0171. The number of carbonyl (C=O) groups is 5. The molecule has 6 saturated carbocycles. The number of unbranched alkanes of at least 4 members (excludes halogenated alkanes) is 20. The van der Waals surface area contributed by atoms with Gasteiger partial charge in [0.2, 0.25) is 29.5 Å². The standard InChI is InChI=1S/C81H150N6O8P2/c1-71(88)85(93)66-40-20-35-61-82-78(89)57-59-80(91)86(94)67-41-21-36-62-83-79(90)58-60-81(92)87(95)68-42-22-39-65-84(63-37-10-6-2-4-8-12-43-69-96(72-45-23-14-24-46-72,73-47-25-15-26-48-73)74-49-27-16-28-50-74)64-38-11-7-3-5-9-13-44-70-97(75-51-29-17-30-52-75,76-53-31-18-32-54-76)77-55-33-19-34-56-77/h72-77,93-95H,2-70H2,1H3/p+2. The molecule has 0 bridgehead atoms. The fourth-order valence-corrected chi connectivity index (χ4v) is 35.1. The van der Waals surface area contributed by atoms with Crippen LogP contribution in [-0.4, -0.2) is 164 Å². The Balaban J connectivity index is 0.842. The van der Waals surface area contributed by atoms with Gasteiger partial charge in [0.05, 0.1) is 46.3 Å². The molecule has 0 aromatic heterocycles. The van der Waals surface area contributed by atoms with Crippen LogP contribution in [0.3, 0.4) is 0 Å². The molecule has 562 valence electrons. The molecule has 6 aliphatic rings. The van der Waals surface area contributed by atoms with Crippen molar-refractivity contribution in [3.05, 3.63) is 0 Å². The van der Waals surface area contributed by atoms with E-state index >= 15 is 0 Å². The summed E-state index contributed by atoms with van der Waals surface area (Å²) in [5.41, 5.74) is 6.74. The van der Waals surface area contributed by atoms with Crippen LogP contribution >= 0.6 is 14.5 Å². The number of carbonyl (C=O) groups excluding carboxylic acids is 5. The van der Waals surface area contributed by atoms with E-state index < -0.39 is 32.2 Å². The maximum Gasteiger partial charge on any atom is 0.246 e. The summed E-state index contributed by atoms with van der Waals surface area (Å²) in [6.07, 6.45) is 78.5. The molecule has 6 aliphatic carbocycles. The van der Waals surface area contributed by atoms with E-state index in [1.165, 1.54) is 238 Å². The van der Waals surface area contributed by atoms with Gasteiger partial charge in [-0.05, 0) is 264 Å². The van der Waals surface area contributed by atoms with Crippen molar-refractivity contribution < 1.29 is 39.6 Å². The lowest BCUT2D eigenvalue weighted by atomic mass is 9.99. The molecule has 97 heavy (non-hydrogen) atoms. The highest BCUT2D eigenvalue weighted by Gasteiger charge is 2.58. The predicted molar refractivity (Wildman–Crippen MR) is 407 cm³/mol. The number of nitrogens with one attached hydrogen (secondary N) is 2. The molecule has 0 saturated heterocycles. The summed E-state index contributed by atoms with van der Waals surface area (Å²) in [5, 5.41) is 38.0. The van der Waals surface area contributed by atoms with Gasteiger partial charge in [0.1, 0.15) is 0 Å². The third kappa shape index (κ3) is 31.9. The molecule has 6 rings (SSSR count). The minimum Gasteiger partial charge on any atom is -0.356 e. The first-order valence-corrected chi connectivity index (χ1v) is 46.8. The summed E-state index contributed by atoms with van der Waals surface area (Å²) in [5.74, 6) is -1.89. The Morgan fingerprint density at radius 1 is 0.289 bits per heavy atom. The lowest BCUT2D eigenvalue weighted by Gasteiger charge is -2.49. The highest BCUT2D eigenvalue weighted by Crippen LogP contribution is 2.79. The lowest BCUT2D eigenvalue weighted by Crippen LogP contribution is -2.37. The van der Waals surface area contributed by atoms with Crippen LogP contribution in [0, 0.1) is 0 Å². The van der Waals surface area contributed by atoms with Gasteiger partial charge in [-0.3, -0.25) is 39.6 Å². The Morgan fingerprint density at radius 2 is 0.515 bits per heavy atom. The monoisotopic (exact) mass is 1400 g/mol. The molecule has 0 aromatic rings. The van der Waals surface area contributed by atoms with Gasteiger partial charge in [-0.2, -0.15) is 0 Å². The van der Waals surface area contributed by atoms with Crippen molar-refractivity contribution in [1.29, 1.82) is 0 Å². The maximum absolute atomic E-state index is 12.9. The van der Waals surface area contributed by atoms with Gasteiger partial charge < -0.3 is 15.5 Å². The minimum atomic E-state index is -0.948. The molecule has 5 amide bonds. The van der Waals surface area contributed by atoms with Crippen molar-refractivity contribution in [3.63, 3.8) is 0 Å². The molecule has 5 N–H and O–H groups in total. The summed E-state index contributed by atoms with van der Waals surface area (Å²) < 4.78 is 0. The molecule has 14 nitrogen and oxygen atoms in total. The Kier molecular flexibility index (Phi) is 44.4. The van der Waals surface area contributed by atoms with Crippen molar-refractivity contribution in [2.45, 2.75) is 420 Å². The molecule has 6 fully saturated rings. The van der Waals surface area contributed by atoms with Crippen LogP contribution < -0.4 is 10.6 Å². The maximum atomic E-state index is 12.9. The van der Waals surface area contributed by atoms with Crippen LogP contribution in [0.15, 0.2) is 0 Å². The molecule has 16 heteroatoms. The zero-order chi connectivity index (χ0) is 68.9. The number of rotatable bonds is 52. The Hall–Kier alpha value is -1.95. The van der Waals surface area contributed by atoms with E-state index in [0.717, 1.165) is 71.2 Å². The van der Waals surface area contributed by atoms with E-state index in [2.05, 4.69) is 15.5 Å². The summed E-state index contributed by atoms with van der Waals surface area (Å²) in [6.45, 7) is 6.22. The van der Waals surface area contributed by atoms with Gasteiger partial charge in [-0.1, -0.05) is 109 Å². The third-order valence-corrected chi connectivity index (χ3v) is 38.7. The van der Waals surface area contributed by atoms with Gasteiger partial charge in [-0.15, -0.1) is 0 Å². The number of hydrogen-bond acceptors (Lipinski definition) is 9. The topological polar surface area (TPSA) is 183 Å². The van der Waals surface area contributed by atoms with Crippen molar-refractivity contribution in [2.24, 2.45) is 0 Å². The minimum absolute atomic E-state index is 0.00614. The zero-order valence-corrected chi connectivity index (χ0v) is 64.6. The van der Waals surface area contributed by atoms with Crippen LogP contribution in [0.1, 0.15) is 386 Å². The number of hydrogen-bond donors (Lipinski definition) is 5. The van der Waals surface area contributed by atoms with E-state index in [4.69, 9.17) is 0 Å². The first-order chi connectivity index (χ1) is 47.4. The van der Waals surface area contributed by atoms with Crippen molar-refractivity contribution in [3.8, 4) is 0 Å². The molecular weight excluding hydrogens is 1250 g/mol. The van der Waals surface area contributed by atoms with Crippen LogP contribution in [-0.2, 0) is 24.0 Å². The smallest absolute Gasteiger partial charge is 0.246 e. The summed E-state index contributed by atoms with van der Waals surface area (Å²) >= 11 is 0. The van der Waals surface area contributed by atoms with Gasteiger partial charge in [0.15, 0.2) is 0 Å². The van der Waals surface area contributed by atoms with Crippen molar-refractivity contribution in [1.82, 2.24) is 30.7 Å². The largest absolute Gasteiger partial charge is 0.356 e. The van der Waals surface area contributed by atoms with Crippen molar-refractivity contribution in [2.75, 3.05) is 64.7 Å². The van der Waals surface area contributed by atoms with Crippen LogP contribution in [0.25, 0.3) is 0 Å². The first kappa shape index (κ1) is 84.0. The second-order valence-electron chi connectivity index (χ2n) is 32.2. The molecule has 0 unspecified atom stereocenters. The molecule has 0 spiro atoms. The van der Waals surface area contributed by atoms with Gasteiger partial charge in [0.25, 0.3) is 0 Å². The number of nitrogens with zero attached hydrogens (tertiary/aromatic N) is 4. The molecular formula is C81H152N6O8P2+2. The van der Waals surface area contributed by atoms with Crippen molar-refractivity contribution >= 4 is 44.1 Å². The second-order valence-corrected chi connectivity index (χ2v) is 41.5. The van der Waals surface area contributed by atoms with Gasteiger partial charge in [-0.25, -0.2) is 15.2 Å². The normalized spacial score (nSPS) is 18.7.